The zero-order valence-corrected chi connectivity index (χ0v) is 11.8. The number of halogens is 3. The minimum Gasteiger partial charge on any atom is -0.383 e. The van der Waals surface area contributed by atoms with Gasteiger partial charge in [-0.15, -0.1) is 0 Å². The number of pyridine rings is 1. The largest absolute Gasteiger partial charge is 0.417 e. The summed E-state index contributed by atoms with van der Waals surface area (Å²) in [6.45, 7) is -0.0672. The molecule has 0 bridgehead atoms. The van der Waals surface area contributed by atoms with Crippen molar-refractivity contribution in [2.75, 3.05) is 5.73 Å². The second-order valence-corrected chi connectivity index (χ2v) is 5.56. The minimum atomic E-state index is -4.70. The van der Waals surface area contributed by atoms with Gasteiger partial charge in [-0.25, -0.2) is 4.98 Å². The van der Waals surface area contributed by atoms with E-state index in [1.54, 1.807) is 0 Å². The SMILES string of the molecule is Nc1nccc(C(F)(F)F)c1C(=O)NCc1n[nH]c(=S)s1. The second-order valence-electron chi connectivity index (χ2n) is 3.81. The van der Waals surface area contributed by atoms with Crippen molar-refractivity contribution >= 4 is 35.3 Å². The summed E-state index contributed by atoms with van der Waals surface area (Å²) in [5.41, 5.74) is 3.54. The lowest BCUT2D eigenvalue weighted by atomic mass is 10.1. The molecule has 0 unspecified atom stereocenters. The fourth-order valence-electron chi connectivity index (χ4n) is 1.53. The van der Waals surface area contributed by atoms with Crippen LogP contribution in [-0.4, -0.2) is 21.1 Å². The molecule has 4 N–H and O–H groups in total. The third kappa shape index (κ3) is 3.55. The normalized spacial score (nSPS) is 11.4. The number of hydrogen-bond acceptors (Lipinski definition) is 6. The van der Waals surface area contributed by atoms with Gasteiger partial charge in [0, 0.05) is 6.20 Å². The molecule has 0 fully saturated rings. The molecular weight excluding hydrogens is 327 g/mol. The first-order chi connectivity index (χ1) is 9.79. The smallest absolute Gasteiger partial charge is 0.383 e. The summed E-state index contributed by atoms with van der Waals surface area (Å²) in [7, 11) is 0. The Morgan fingerprint density at radius 2 is 2.24 bits per heavy atom. The fourth-order valence-corrected chi connectivity index (χ4v) is 2.41. The molecule has 0 aliphatic heterocycles. The number of nitrogen functional groups attached to an aromatic ring is 1. The Bertz CT molecular complexity index is 724. The van der Waals surface area contributed by atoms with Crippen molar-refractivity contribution in [2.45, 2.75) is 12.7 Å². The number of amides is 1. The van der Waals surface area contributed by atoms with Gasteiger partial charge in [0.25, 0.3) is 5.91 Å². The van der Waals surface area contributed by atoms with Crippen molar-refractivity contribution in [2.24, 2.45) is 0 Å². The number of aromatic nitrogens is 3. The highest BCUT2D eigenvalue weighted by atomic mass is 32.1. The van der Waals surface area contributed by atoms with Crippen molar-refractivity contribution in [3.63, 3.8) is 0 Å². The topological polar surface area (TPSA) is 96.7 Å². The molecule has 11 heteroatoms. The number of nitrogens with two attached hydrogens (primary N) is 1. The third-order valence-corrected chi connectivity index (χ3v) is 3.48. The molecule has 2 rings (SSSR count). The van der Waals surface area contributed by atoms with Crippen LogP contribution in [0.2, 0.25) is 0 Å². The van der Waals surface area contributed by atoms with Crippen LogP contribution in [0.3, 0.4) is 0 Å². The van der Waals surface area contributed by atoms with Gasteiger partial charge in [-0.1, -0.05) is 11.3 Å². The first-order valence-corrected chi connectivity index (χ1v) is 6.65. The summed E-state index contributed by atoms with van der Waals surface area (Å²) >= 11 is 5.91. The Morgan fingerprint density at radius 3 is 2.81 bits per heavy atom. The van der Waals surface area contributed by atoms with Crippen LogP contribution >= 0.6 is 23.6 Å². The number of anilines is 1. The van der Waals surface area contributed by atoms with E-state index in [0.717, 1.165) is 17.5 Å². The van der Waals surface area contributed by atoms with E-state index < -0.39 is 29.0 Å². The predicted molar refractivity (Wildman–Crippen MR) is 72.1 cm³/mol. The average Bonchev–Trinajstić information content (AvgIpc) is 2.80. The number of alkyl halides is 3. The molecule has 2 aromatic rings. The summed E-state index contributed by atoms with van der Waals surface area (Å²) in [5.74, 6) is -1.47. The van der Waals surface area contributed by atoms with E-state index in [2.05, 4.69) is 20.5 Å². The van der Waals surface area contributed by atoms with Crippen LogP contribution in [0.4, 0.5) is 19.0 Å². The molecule has 0 aromatic carbocycles. The molecule has 0 spiro atoms. The molecule has 0 saturated carbocycles. The number of nitrogens with zero attached hydrogens (tertiary/aromatic N) is 2. The Hall–Kier alpha value is -2.01. The van der Waals surface area contributed by atoms with E-state index in [-0.39, 0.29) is 6.54 Å². The van der Waals surface area contributed by atoms with Crippen LogP contribution in [0.15, 0.2) is 12.3 Å². The molecule has 21 heavy (non-hydrogen) atoms. The lowest BCUT2D eigenvalue weighted by Crippen LogP contribution is -2.27. The standard InChI is InChI=1S/C10H8F3N5OS2/c11-10(12,13)4-1-2-15-7(14)6(4)8(19)16-3-5-17-18-9(20)21-5/h1-2H,3H2,(H2,14,15)(H,16,19)(H,18,20). The van der Waals surface area contributed by atoms with Gasteiger partial charge in [0.05, 0.1) is 17.7 Å². The van der Waals surface area contributed by atoms with Gasteiger partial charge in [-0.2, -0.15) is 18.3 Å². The van der Waals surface area contributed by atoms with E-state index in [9.17, 15) is 18.0 Å². The number of nitrogens with one attached hydrogen (secondary N) is 2. The van der Waals surface area contributed by atoms with E-state index >= 15 is 0 Å². The fraction of sp³-hybridized carbons (Fsp3) is 0.200. The summed E-state index contributed by atoms with van der Waals surface area (Å²) in [4.78, 5) is 15.4. The summed E-state index contributed by atoms with van der Waals surface area (Å²) in [6.07, 6.45) is -3.80. The molecule has 0 radical (unpaired) electrons. The van der Waals surface area contributed by atoms with Gasteiger partial charge in [-0.05, 0) is 18.3 Å². The summed E-state index contributed by atoms with van der Waals surface area (Å²) in [6, 6.07) is 0.698. The van der Waals surface area contributed by atoms with Gasteiger partial charge >= 0.3 is 6.18 Å². The second kappa shape index (κ2) is 5.77. The molecule has 2 aromatic heterocycles. The van der Waals surface area contributed by atoms with Crippen molar-refractivity contribution in [1.29, 1.82) is 0 Å². The van der Waals surface area contributed by atoms with Crippen LogP contribution in [0.1, 0.15) is 20.9 Å². The molecule has 0 aliphatic rings. The molecule has 0 saturated heterocycles. The van der Waals surface area contributed by atoms with Crippen LogP contribution < -0.4 is 11.1 Å². The first-order valence-electron chi connectivity index (χ1n) is 5.43. The molecule has 6 nitrogen and oxygen atoms in total. The van der Waals surface area contributed by atoms with Crippen LogP contribution in [-0.2, 0) is 12.7 Å². The summed E-state index contributed by atoms with van der Waals surface area (Å²) < 4.78 is 39.0. The number of carbonyl (C=O) groups excluding carboxylic acids is 1. The highest BCUT2D eigenvalue weighted by Gasteiger charge is 2.36. The van der Waals surface area contributed by atoms with Crippen molar-refractivity contribution in [3.8, 4) is 0 Å². The predicted octanol–water partition coefficient (Wildman–Crippen LogP) is 2.13. The number of hydrogen-bond donors (Lipinski definition) is 3. The minimum absolute atomic E-state index is 0.0672. The molecule has 0 aliphatic carbocycles. The van der Waals surface area contributed by atoms with Crippen LogP contribution in [0, 0.1) is 3.95 Å². The molecule has 112 valence electrons. The highest BCUT2D eigenvalue weighted by molar-refractivity contribution is 7.73. The van der Waals surface area contributed by atoms with Gasteiger partial charge < -0.3 is 11.1 Å². The lowest BCUT2D eigenvalue weighted by Gasteiger charge is -2.13. The number of rotatable bonds is 3. The Balaban J connectivity index is 2.25. The van der Waals surface area contributed by atoms with Crippen LogP contribution in [0.25, 0.3) is 0 Å². The lowest BCUT2D eigenvalue weighted by molar-refractivity contribution is -0.137. The summed E-state index contributed by atoms with van der Waals surface area (Å²) in [5, 5.41) is 9.01. The molecule has 2 heterocycles. The van der Waals surface area contributed by atoms with E-state index in [0.29, 0.717) is 15.0 Å². The van der Waals surface area contributed by atoms with Crippen molar-refractivity contribution in [1.82, 2.24) is 20.5 Å². The van der Waals surface area contributed by atoms with Crippen molar-refractivity contribution in [3.05, 3.63) is 32.4 Å². The Morgan fingerprint density at radius 1 is 1.52 bits per heavy atom. The van der Waals surface area contributed by atoms with Gasteiger partial charge in [0.1, 0.15) is 10.8 Å². The quantitative estimate of drug-likeness (QED) is 0.747. The van der Waals surface area contributed by atoms with E-state index in [1.807, 2.05) is 0 Å². The van der Waals surface area contributed by atoms with Crippen LogP contribution in [0.5, 0.6) is 0 Å². The number of aromatic amines is 1. The maximum Gasteiger partial charge on any atom is 0.417 e. The average molecular weight is 335 g/mol. The third-order valence-electron chi connectivity index (χ3n) is 2.40. The number of carbonyl (C=O) groups is 1. The zero-order valence-electron chi connectivity index (χ0n) is 10.2. The zero-order chi connectivity index (χ0) is 15.6. The van der Waals surface area contributed by atoms with Gasteiger partial charge in [0.2, 0.25) is 0 Å². The first kappa shape index (κ1) is 15.4. The molecule has 1 amide bonds. The van der Waals surface area contributed by atoms with Crippen molar-refractivity contribution < 1.29 is 18.0 Å². The maximum atomic E-state index is 12.9. The Kier molecular flexibility index (Phi) is 4.23. The maximum absolute atomic E-state index is 12.9. The monoisotopic (exact) mass is 335 g/mol. The van der Waals surface area contributed by atoms with Gasteiger partial charge in [-0.3, -0.25) is 9.89 Å². The Labute approximate surface area is 125 Å². The highest BCUT2D eigenvalue weighted by Crippen LogP contribution is 2.33. The number of H-pyrrole nitrogens is 1. The molecular formula is C10H8F3N5OS2. The molecule has 0 atom stereocenters. The van der Waals surface area contributed by atoms with E-state index in [4.69, 9.17) is 18.0 Å². The van der Waals surface area contributed by atoms with E-state index in [1.165, 1.54) is 0 Å². The van der Waals surface area contributed by atoms with Gasteiger partial charge in [0.15, 0.2) is 3.95 Å².